The highest BCUT2D eigenvalue weighted by Gasteiger charge is 2.15. The lowest BCUT2D eigenvalue weighted by Gasteiger charge is -1.79. The van der Waals surface area contributed by atoms with Crippen molar-refractivity contribution in [1.29, 1.82) is 0 Å². The summed E-state index contributed by atoms with van der Waals surface area (Å²) in [4.78, 5) is 9.18. The van der Waals surface area contributed by atoms with Gasteiger partial charge < -0.3 is 9.84 Å². The molecule has 0 aliphatic heterocycles. The van der Waals surface area contributed by atoms with Gasteiger partial charge in [0, 0.05) is 0 Å². The molecule has 0 saturated heterocycles. The summed E-state index contributed by atoms with van der Waals surface area (Å²) in [7, 11) is 0. The minimum absolute atomic E-state index is 0.0833. The minimum atomic E-state index is 0.0833. The Morgan fingerprint density at radius 1 is 1.78 bits per heavy atom. The fraction of sp³-hybridized carbons (Fsp3) is 0.833. The van der Waals surface area contributed by atoms with Crippen molar-refractivity contribution in [3.8, 4) is 0 Å². The van der Waals surface area contributed by atoms with Gasteiger partial charge in [-0.05, 0) is 19.8 Å². The number of carbonyl (C=O) groups excluding carboxylic acids is 1. The van der Waals surface area contributed by atoms with Crippen LogP contribution in [0.4, 0.5) is 0 Å². The van der Waals surface area contributed by atoms with E-state index in [0.717, 1.165) is 12.8 Å². The molecule has 1 N–H and O–H groups in total. The van der Waals surface area contributed by atoms with E-state index in [0.29, 0.717) is 13.1 Å². The first-order valence-electron chi connectivity index (χ1n) is 3.04. The van der Waals surface area contributed by atoms with Crippen LogP contribution in [0.2, 0.25) is 0 Å². The molecular weight excluding hydrogens is 120 g/mol. The summed E-state index contributed by atoms with van der Waals surface area (Å²) >= 11 is 0. The summed E-state index contributed by atoms with van der Waals surface area (Å²) in [6, 6.07) is 0. The third kappa shape index (κ3) is 11.2. The Kier molecular flexibility index (Phi) is 5.21. The zero-order chi connectivity index (χ0) is 7.11. The summed E-state index contributed by atoms with van der Waals surface area (Å²) < 4.78 is 4.15. The highest BCUT2D eigenvalue weighted by atomic mass is 16.5. The second kappa shape index (κ2) is 5.56. The van der Waals surface area contributed by atoms with Gasteiger partial charge in [0.25, 0.3) is 6.47 Å². The van der Waals surface area contributed by atoms with E-state index in [4.69, 9.17) is 5.11 Å². The van der Waals surface area contributed by atoms with E-state index in [1.807, 2.05) is 0 Å². The number of rotatable bonds is 2. The quantitative estimate of drug-likeness (QED) is 0.550. The van der Waals surface area contributed by atoms with E-state index in [2.05, 4.69) is 4.74 Å². The molecule has 0 radical (unpaired) electrons. The largest absolute Gasteiger partial charge is 0.468 e. The van der Waals surface area contributed by atoms with Crippen LogP contribution in [0, 0.1) is 0 Å². The normalized spacial score (nSPS) is 15.3. The van der Waals surface area contributed by atoms with E-state index in [-0.39, 0.29) is 6.10 Å². The lowest BCUT2D eigenvalue weighted by atomic mass is 10.9. The van der Waals surface area contributed by atoms with Crippen LogP contribution in [0.5, 0.6) is 0 Å². The molecule has 3 heteroatoms. The Morgan fingerprint density at radius 2 is 2.22 bits per heavy atom. The maximum Gasteiger partial charge on any atom is 0.293 e. The molecular formula is C6H12O3. The van der Waals surface area contributed by atoms with E-state index in [1.165, 1.54) is 0 Å². The molecule has 1 rings (SSSR count). The maximum atomic E-state index is 9.18. The molecule has 0 bridgehead atoms. The zero-order valence-corrected chi connectivity index (χ0v) is 5.54. The summed E-state index contributed by atoms with van der Waals surface area (Å²) in [6.45, 7) is 2.66. The van der Waals surface area contributed by atoms with Gasteiger partial charge in [-0.25, -0.2) is 0 Å². The molecule has 0 aromatic rings. The molecule has 0 atom stereocenters. The van der Waals surface area contributed by atoms with Crippen LogP contribution in [0.15, 0.2) is 0 Å². The highest BCUT2D eigenvalue weighted by Crippen LogP contribution is 2.16. The van der Waals surface area contributed by atoms with E-state index in [9.17, 15) is 4.79 Å². The topological polar surface area (TPSA) is 46.5 Å². The fourth-order valence-electron chi connectivity index (χ4n) is 0.143. The van der Waals surface area contributed by atoms with Gasteiger partial charge in [0.1, 0.15) is 0 Å². The van der Waals surface area contributed by atoms with Gasteiger partial charge in [0.05, 0.1) is 12.7 Å². The molecule has 9 heavy (non-hydrogen) atoms. The molecule has 3 nitrogen and oxygen atoms in total. The van der Waals surface area contributed by atoms with Crippen LogP contribution in [0.1, 0.15) is 19.8 Å². The van der Waals surface area contributed by atoms with Gasteiger partial charge in [-0.15, -0.1) is 0 Å². The smallest absolute Gasteiger partial charge is 0.293 e. The summed E-state index contributed by atoms with van der Waals surface area (Å²) in [5.74, 6) is 0. The predicted octanol–water partition coefficient (Wildman–Crippen LogP) is 0.320. The van der Waals surface area contributed by atoms with Gasteiger partial charge in [-0.3, -0.25) is 4.79 Å². The zero-order valence-electron chi connectivity index (χ0n) is 5.54. The Hall–Kier alpha value is -0.570. The lowest BCUT2D eigenvalue weighted by Crippen LogP contribution is -1.80. The molecule has 0 heterocycles. The van der Waals surface area contributed by atoms with Gasteiger partial charge in [0.2, 0.25) is 0 Å². The summed E-state index contributed by atoms with van der Waals surface area (Å²) in [6.07, 6.45) is 2.17. The van der Waals surface area contributed by atoms with Crippen LogP contribution < -0.4 is 0 Å². The molecule has 1 aliphatic rings. The average molecular weight is 132 g/mol. The van der Waals surface area contributed by atoms with Gasteiger partial charge >= 0.3 is 0 Å². The minimum Gasteiger partial charge on any atom is -0.468 e. The summed E-state index contributed by atoms with van der Waals surface area (Å²) in [5, 5.41) is 8.17. The molecule has 1 aliphatic carbocycles. The molecule has 1 fully saturated rings. The van der Waals surface area contributed by atoms with Gasteiger partial charge in [-0.2, -0.15) is 0 Å². The fourth-order valence-corrected chi connectivity index (χ4v) is 0.143. The van der Waals surface area contributed by atoms with Crippen molar-refractivity contribution < 1.29 is 14.6 Å². The number of aliphatic hydroxyl groups is 1. The second-order valence-electron chi connectivity index (χ2n) is 1.78. The monoisotopic (exact) mass is 132 g/mol. The van der Waals surface area contributed by atoms with Crippen LogP contribution in [-0.4, -0.2) is 24.3 Å². The van der Waals surface area contributed by atoms with Gasteiger partial charge in [-0.1, -0.05) is 0 Å². The first-order chi connectivity index (χ1) is 4.31. The first-order valence-corrected chi connectivity index (χ1v) is 3.04. The molecule has 54 valence electrons. The number of hydrogen-bond acceptors (Lipinski definition) is 3. The van der Waals surface area contributed by atoms with Crippen molar-refractivity contribution in [2.45, 2.75) is 25.9 Å². The second-order valence-corrected chi connectivity index (χ2v) is 1.78. The van der Waals surface area contributed by atoms with E-state index >= 15 is 0 Å². The van der Waals surface area contributed by atoms with Gasteiger partial charge in [0.15, 0.2) is 0 Å². The van der Waals surface area contributed by atoms with Crippen molar-refractivity contribution in [2.24, 2.45) is 0 Å². The molecule has 0 aromatic heterocycles. The van der Waals surface area contributed by atoms with Crippen molar-refractivity contribution in [1.82, 2.24) is 0 Å². The molecule has 0 amide bonds. The van der Waals surface area contributed by atoms with Crippen LogP contribution in [-0.2, 0) is 9.53 Å². The van der Waals surface area contributed by atoms with Crippen LogP contribution >= 0.6 is 0 Å². The van der Waals surface area contributed by atoms with E-state index in [1.54, 1.807) is 6.92 Å². The Bertz CT molecular complexity index is 68.7. The number of aliphatic hydroxyl groups excluding tert-OH is 1. The third-order valence-corrected chi connectivity index (χ3v) is 0.782. The Balaban J connectivity index is 0.000000144. The maximum absolute atomic E-state index is 9.18. The van der Waals surface area contributed by atoms with Crippen molar-refractivity contribution in [3.05, 3.63) is 0 Å². The number of ether oxygens (including phenoxy) is 1. The first kappa shape index (κ1) is 8.43. The lowest BCUT2D eigenvalue weighted by molar-refractivity contribution is -0.128. The SMILES string of the molecule is CCOC=O.OC1CC1. The molecule has 1 saturated carbocycles. The molecule has 0 unspecified atom stereocenters. The summed E-state index contributed by atoms with van der Waals surface area (Å²) in [5.41, 5.74) is 0. The van der Waals surface area contributed by atoms with Crippen molar-refractivity contribution in [2.75, 3.05) is 6.61 Å². The Morgan fingerprint density at radius 3 is 2.22 bits per heavy atom. The average Bonchev–Trinajstić information content (AvgIpc) is 2.55. The van der Waals surface area contributed by atoms with Crippen LogP contribution in [0.25, 0.3) is 0 Å². The standard InChI is InChI=1S/C3H6O2.C3H6O/c1-2-5-3-4;4-3-1-2-3/h3H,2H2,1H3;3-4H,1-2H2. The number of hydrogen-bond donors (Lipinski definition) is 1. The van der Waals surface area contributed by atoms with Crippen molar-refractivity contribution in [3.63, 3.8) is 0 Å². The molecule has 0 spiro atoms. The predicted molar refractivity (Wildman–Crippen MR) is 32.9 cm³/mol. The van der Waals surface area contributed by atoms with Crippen LogP contribution in [0.3, 0.4) is 0 Å². The Labute approximate surface area is 54.6 Å². The third-order valence-electron chi connectivity index (χ3n) is 0.782. The highest BCUT2D eigenvalue weighted by molar-refractivity contribution is 5.36. The number of carbonyl (C=O) groups is 1. The van der Waals surface area contributed by atoms with Crippen molar-refractivity contribution >= 4 is 6.47 Å². The van der Waals surface area contributed by atoms with E-state index < -0.39 is 0 Å². The molecule has 0 aromatic carbocycles.